The van der Waals surface area contributed by atoms with Crippen LogP contribution in [0.15, 0.2) is 24.3 Å². The predicted octanol–water partition coefficient (Wildman–Crippen LogP) is 1.38. The summed E-state index contributed by atoms with van der Waals surface area (Å²) < 4.78 is 5.26. The lowest BCUT2D eigenvalue weighted by atomic mass is 9.77. The van der Waals surface area contributed by atoms with E-state index < -0.39 is 0 Å². The second-order valence-electron chi connectivity index (χ2n) is 7.39. The molecule has 2 heterocycles. The molecule has 2 aliphatic rings. The van der Waals surface area contributed by atoms with Crippen LogP contribution in [-0.4, -0.2) is 54.4 Å². The summed E-state index contributed by atoms with van der Waals surface area (Å²) in [5.74, 6) is 0.755. The summed E-state index contributed by atoms with van der Waals surface area (Å²) in [6.45, 7) is 4.92. The molecule has 2 saturated heterocycles. The fourth-order valence-corrected chi connectivity index (χ4v) is 4.02. The number of methoxy groups -OCH3 is 1. The fourth-order valence-electron chi connectivity index (χ4n) is 4.02. The van der Waals surface area contributed by atoms with Crippen molar-refractivity contribution in [3.05, 3.63) is 29.8 Å². The number of carbonyl (C=O) groups excluding carboxylic acids is 2. The minimum absolute atomic E-state index is 0.0455. The molecule has 25 heavy (non-hydrogen) atoms. The van der Waals surface area contributed by atoms with Gasteiger partial charge in [0, 0.05) is 19.5 Å². The highest BCUT2D eigenvalue weighted by atomic mass is 16.5. The maximum Gasteiger partial charge on any atom is 0.234 e. The molecule has 0 aromatic heterocycles. The van der Waals surface area contributed by atoms with Gasteiger partial charge in [0.2, 0.25) is 11.8 Å². The van der Waals surface area contributed by atoms with Gasteiger partial charge in [-0.15, -0.1) is 0 Å². The van der Waals surface area contributed by atoms with Crippen LogP contribution in [0.2, 0.25) is 0 Å². The van der Waals surface area contributed by atoms with Crippen molar-refractivity contribution in [2.45, 2.75) is 38.8 Å². The molecule has 1 atom stereocenters. The Labute approximate surface area is 148 Å². The SMILES string of the molecule is COc1cccc(CN2CC3(CCN([C@@H](C)C(N)=O)CC3)CC2=O)c1. The van der Waals surface area contributed by atoms with Crippen molar-refractivity contribution in [2.24, 2.45) is 11.1 Å². The zero-order valence-electron chi connectivity index (χ0n) is 15.0. The van der Waals surface area contributed by atoms with Gasteiger partial charge >= 0.3 is 0 Å². The van der Waals surface area contributed by atoms with Crippen LogP contribution < -0.4 is 10.5 Å². The Morgan fingerprint density at radius 2 is 2.08 bits per heavy atom. The zero-order chi connectivity index (χ0) is 18.0. The van der Waals surface area contributed by atoms with Crippen molar-refractivity contribution >= 4 is 11.8 Å². The highest BCUT2D eigenvalue weighted by Crippen LogP contribution is 2.41. The van der Waals surface area contributed by atoms with Crippen LogP contribution >= 0.6 is 0 Å². The maximum atomic E-state index is 12.5. The molecule has 1 spiro atoms. The summed E-state index contributed by atoms with van der Waals surface area (Å²) in [5, 5.41) is 0. The highest BCUT2D eigenvalue weighted by Gasteiger charge is 2.45. The molecule has 2 amide bonds. The van der Waals surface area contributed by atoms with Gasteiger partial charge in [-0.3, -0.25) is 14.5 Å². The molecule has 0 radical (unpaired) electrons. The average molecular weight is 345 g/mol. The van der Waals surface area contributed by atoms with E-state index >= 15 is 0 Å². The minimum Gasteiger partial charge on any atom is -0.497 e. The average Bonchev–Trinajstić information content (AvgIpc) is 2.90. The quantitative estimate of drug-likeness (QED) is 0.875. The second-order valence-corrected chi connectivity index (χ2v) is 7.39. The number of nitrogens with zero attached hydrogens (tertiary/aromatic N) is 2. The van der Waals surface area contributed by atoms with Gasteiger partial charge in [0.25, 0.3) is 0 Å². The second kappa shape index (κ2) is 7.04. The maximum absolute atomic E-state index is 12.5. The molecule has 1 aromatic rings. The first-order valence-corrected chi connectivity index (χ1v) is 8.86. The molecular weight excluding hydrogens is 318 g/mol. The van der Waals surface area contributed by atoms with Crippen LogP contribution in [0.5, 0.6) is 5.75 Å². The van der Waals surface area contributed by atoms with Gasteiger partial charge in [-0.1, -0.05) is 12.1 Å². The zero-order valence-corrected chi connectivity index (χ0v) is 15.0. The number of rotatable bonds is 5. The summed E-state index contributed by atoms with van der Waals surface area (Å²) in [7, 11) is 1.65. The summed E-state index contributed by atoms with van der Waals surface area (Å²) in [6, 6.07) is 7.64. The van der Waals surface area contributed by atoms with Crippen molar-refractivity contribution in [3.63, 3.8) is 0 Å². The number of benzene rings is 1. The van der Waals surface area contributed by atoms with Crippen LogP contribution in [-0.2, 0) is 16.1 Å². The number of ether oxygens (including phenoxy) is 1. The van der Waals surface area contributed by atoms with Crippen molar-refractivity contribution < 1.29 is 14.3 Å². The van der Waals surface area contributed by atoms with Gasteiger partial charge in [0.05, 0.1) is 13.2 Å². The van der Waals surface area contributed by atoms with Crippen LogP contribution in [0.4, 0.5) is 0 Å². The van der Waals surface area contributed by atoms with Gasteiger partial charge in [0.15, 0.2) is 0 Å². The molecule has 1 aromatic carbocycles. The molecule has 0 aliphatic carbocycles. The number of primary amides is 1. The lowest BCUT2D eigenvalue weighted by Crippen LogP contribution is -2.49. The lowest BCUT2D eigenvalue weighted by Gasteiger charge is -2.40. The first kappa shape index (κ1) is 17.7. The molecule has 0 saturated carbocycles. The number of amides is 2. The van der Waals surface area contributed by atoms with E-state index in [1.807, 2.05) is 36.1 Å². The van der Waals surface area contributed by atoms with Crippen LogP contribution in [0, 0.1) is 5.41 Å². The number of hydrogen-bond acceptors (Lipinski definition) is 4. The van der Waals surface area contributed by atoms with Gasteiger partial charge in [-0.2, -0.15) is 0 Å². The van der Waals surface area contributed by atoms with E-state index in [-0.39, 0.29) is 23.3 Å². The number of carbonyl (C=O) groups is 2. The highest BCUT2D eigenvalue weighted by molar-refractivity contribution is 5.80. The largest absolute Gasteiger partial charge is 0.497 e. The number of piperidine rings is 1. The third-order valence-electron chi connectivity index (χ3n) is 5.73. The standard InChI is InChI=1S/C19H27N3O3/c1-14(18(20)24)21-8-6-19(7-9-21)11-17(23)22(13-19)12-15-4-3-5-16(10-15)25-2/h3-5,10,14H,6-9,11-13H2,1-2H3,(H2,20,24)/t14-/m0/s1. The smallest absolute Gasteiger partial charge is 0.234 e. The molecule has 2 N–H and O–H groups in total. The normalized spacial score (nSPS) is 21.5. The number of likely N-dealkylation sites (tertiary alicyclic amines) is 2. The molecule has 2 fully saturated rings. The monoisotopic (exact) mass is 345 g/mol. The third kappa shape index (κ3) is 3.79. The summed E-state index contributed by atoms with van der Waals surface area (Å²) in [5.41, 5.74) is 6.55. The van der Waals surface area contributed by atoms with E-state index in [2.05, 4.69) is 4.90 Å². The molecule has 2 aliphatic heterocycles. The Bertz CT molecular complexity index is 653. The van der Waals surface area contributed by atoms with E-state index in [0.29, 0.717) is 13.0 Å². The third-order valence-corrected chi connectivity index (χ3v) is 5.73. The number of nitrogens with two attached hydrogens (primary N) is 1. The lowest BCUT2D eigenvalue weighted by molar-refractivity contribution is -0.128. The van der Waals surface area contributed by atoms with Crippen molar-refractivity contribution in [2.75, 3.05) is 26.7 Å². The first-order chi connectivity index (χ1) is 11.9. The van der Waals surface area contributed by atoms with E-state index in [4.69, 9.17) is 10.5 Å². The topological polar surface area (TPSA) is 75.9 Å². The van der Waals surface area contributed by atoms with E-state index in [1.165, 1.54) is 0 Å². The van der Waals surface area contributed by atoms with Crippen LogP contribution in [0.1, 0.15) is 31.7 Å². The first-order valence-electron chi connectivity index (χ1n) is 8.86. The fraction of sp³-hybridized carbons (Fsp3) is 0.579. The Morgan fingerprint density at radius 1 is 1.36 bits per heavy atom. The van der Waals surface area contributed by atoms with Crippen LogP contribution in [0.25, 0.3) is 0 Å². The van der Waals surface area contributed by atoms with E-state index in [9.17, 15) is 9.59 Å². The Kier molecular flexibility index (Phi) is 4.99. The molecule has 6 nitrogen and oxygen atoms in total. The van der Waals surface area contributed by atoms with Gasteiger partial charge in [-0.05, 0) is 56.0 Å². The molecule has 136 valence electrons. The summed E-state index contributed by atoms with van der Waals surface area (Å²) in [4.78, 5) is 28.0. The summed E-state index contributed by atoms with van der Waals surface area (Å²) in [6.07, 6.45) is 2.48. The van der Waals surface area contributed by atoms with Gasteiger partial charge in [0.1, 0.15) is 5.75 Å². The Balaban J connectivity index is 1.62. The minimum atomic E-state index is -0.280. The van der Waals surface area contributed by atoms with Gasteiger partial charge < -0.3 is 15.4 Å². The molecule has 0 bridgehead atoms. The molecule has 3 rings (SSSR count). The molecule has 6 heteroatoms. The summed E-state index contributed by atoms with van der Waals surface area (Å²) >= 11 is 0. The van der Waals surface area contributed by atoms with E-state index in [0.717, 1.165) is 43.8 Å². The van der Waals surface area contributed by atoms with E-state index in [1.54, 1.807) is 7.11 Å². The van der Waals surface area contributed by atoms with Crippen molar-refractivity contribution in [1.29, 1.82) is 0 Å². The van der Waals surface area contributed by atoms with Crippen molar-refractivity contribution in [1.82, 2.24) is 9.80 Å². The van der Waals surface area contributed by atoms with Crippen LogP contribution in [0.3, 0.4) is 0 Å². The number of hydrogen-bond donors (Lipinski definition) is 1. The molecular formula is C19H27N3O3. The Morgan fingerprint density at radius 3 is 2.72 bits per heavy atom. The van der Waals surface area contributed by atoms with Gasteiger partial charge in [-0.25, -0.2) is 0 Å². The molecule has 0 unspecified atom stereocenters. The Hall–Kier alpha value is -2.08. The predicted molar refractivity (Wildman–Crippen MR) is 94.9 cm³/mol. The van der Waals surface area contributed by atoms with Crippen molar-refractivity contribution in [3.8, 4) is 5.75 Å².